The summed E-state index contributed by atoms with van der Waals surface area (Å²) in [5.74, 6) is 0.349. The van der Waals surface area contributed by atoms with E-state index in [0.29, 0.717) is 30.1 Å². The molecule has 8 nitrogen and oxygen atoms in total. The van der Waals surface area contributed by atoms with Gasteiger partial charge in [-0.25, -0.2) is 8.42 Å². The van der Waals surface area contributed by atoms with Gasteiger partial charge in [0.1, 0.15) is 10.7 Å². The van der Waals surface area contributed by atoms with Crippen molar-refractivity contribution in [2.45, 2.75) is 63.8 Å². The van der Waals surface area contributed by atoms with E-state index in [2.05, 4.69) is 15.4 Å². The van der Waals surface area contributed by atoms with E-state index in [1.54, 1.807) is 29.4 Å². The minimum absolute atomic E-state index is 0.242. The molecule has 32 heavy (non-hydrogen) atoms. The average Bonchev–Trinajstić information content (AvgIpc) is 3.15. The van der Waals surface area contributed by atoms with Crippen molar-refractivity contribution in [1.29, 1.82) is 0 Å². The molecule has 4 rings (SSSR count). The number of piperidine rings is 2. The van der Waals surface area contributed by atoms with Gasteiger partial charge in [0.15, 0.2) is 0 Å². The fourth-order valence-electron chi connectivity index (χ4n) is 4.53. The number of hydrogen-bond donors (Lipinski definition) is 1. The van der Waals surface area contributed by atoms with Gasteiger partial charge in [-0.1, -0.05) is 11.6 Å². The summed E-state index contributed by atoms with van der Waals surface area (Å²) in [7, 11) is -3.68. The van der Waals surface area contributed by atoms with Crippen LogP contribution >= 0.6 is 0 Å². The van der Waals surface area contributed by atoms with Crippen LogP contribution in [0.25, 0.3) is 0 Å². The third-order valence-electron chi connectivity index (χ3n) is 6.46. The average molecular weight is 461 g/mol. The van der Waals surface area contributed by atoms with Gasteiger partial charge in [-0.05, 0) is 64.2 Å². The van der Waals surface area contributed by atoms with Crippen LogP contribution in [0.4, 0.5) is 5.69 Å². The number of nitrogens with zero attached hydrogens (tertiary/aromatic N) is 3. The van der Waals surface area contributed by atoms with Crippen LogP contribution in [0.15, 0.2) is 27.6 Å². The smallest absolute Gasteiger partial charge is 0.251 e. The van der Waals surface area contributed by atoms with Gasteiger partial charge in [-0.2, -0.15) is 4.31 Å². The first kappa shape index (κ1) is 22.8. The van der Waals surface area contributed by atoms with Crippen molar-refractivity contribution in [2.75, 3.05) is 31.1 Å². The third kappa shape index (κ3) is 4.68. The Hall–Kier alpha value is -2.39. The molecule has 174 valence electrons. The van der Waals surface area contributed by atoms with Crippen molar-refractivity contribution in [2.24, 2.45) is 0 Å². The number of benzene rings is 1. The number of carbonyl (C=O) groups excluding carboxylic acids is 1. The minimum Gasteiger partial charge on any atom is -0.370 e. The number of amides is 1. The highest BCUT2D eigenvalue weighted by Gasteiger charge is 2.31. The molecule has 0 aliphatic carbocycles. The first-order chi connectivity index (χ1) is 15.4. The molecule has 2 saturated heterocycles. The van der Waals surface area contributed by atoms with Crippen LogP contribution in [-0.2, 0) is 16.6 Å². The maximum absolute atomic E-state index is 13.6. The van der Waals surface area contributed by atoms with Crippen LogP contribution in [0.2, 0.25) is 0 Å². The quantitative estimate of drug-likeness (QED) is 0.710. The summed E-state index contributed by atoms with van der Waals surface area (Å²) in [6, 6.07) is 5.07. The van der Waals surface area contributed by atoms with E-state index in [1.165, 1.54) is 0 Å². The topological polar surface area (TPSA) is 95.7 Å². The Bertz CT molecular complexity index is 1050. The minimum atomic E-state index is -3.68. The zero-order valence-corrected chi connectivity index (χ0v) is 19.7. The lowest BCUT2D eigenvalue weighted by Gasteiger charge is -2.33. The van der Waals surface area contributed by atoms with Gasteiger partial charge >= 0.3 is 0 Å². The SMILES string of the molecule is Cc1noc(C)c1CNC(=O)c1ccc(N2CCCCC2)c(S(=O)(=O)N2CCCCC2)c1. The Morgan fingerprint density at radius 2 is 1.69 bits per heavy atom. The fourth-order valence-corrected chi connectivity index (χ4v) is 6.28. The van der Waals surface area contributed by atoms with Crippen molar-refractivity contribution in [1.82, 2.24) is 14.8 Å². The second kappa shape index (κ2) is 9.62. The number of hydrogen-bond acceptors (Lipinski definition) is 6. The molecular weight excluding hydrogens is 428 g/mol. The molecule has 0 unspecified atom stereocenters. The van der Waals surface area contributed by atoms with E-state index in [9.17, 15) is 13.2 Å². The normalized spacial score (nSPS) is 18.0. The monoisotopic (exact) mass is 460 g/mol. The van der Waals surface area contributed by atoms with E-state index < -0.39 is 10.0 Å². The summed E-state index contributed by atoms with van der Waals surface area (Å²) in [5, 5.41) is 6.79. The Balaban J connectivity index is 1.64. The molecule has 0 bridgehead atoms. The fraction of sp³-hybridized carbons (Fsp3) is 0.565. The molecule has 1 aromatic carbocycles. The van der Waals surface area contributed by atoms with Crippen LogP contribution in [0.1, 0.15) is 65.9 Å². The lowest BCUT2D eigenvalue weighted by molar-refractivity contribution is 0.0950. The molecule has 0 atom stereocenters. The Kier molecular flexibility index (Phi) is 6.85. The van der Waals surface area contributed by atoms with Gasteiger partial charge in [0.05, 0.1) is 11.4 Å². The summed E-state index contributed by atoms with van der Waals surface area (Å²) in [6.45, 7) is 6.64. The third-order valence-corrected chi connectivity index (χ3v) is 8.39. The van der Waals surface area contributed by atoms with Crippen molar-refractivity contribution in [3.63, 3.8) is 0 Å². The summed E-state index contributed by atoms with van der Waals surface area (Å²) in [5.41, 5.74) is 2.62. The lowest BCUT2D eigenvalue weighted by atomic mass is 10.1. The number of nitrogens with one attached hydrogen (secondary N) is 1. The predicted molar refractivity (Wildman–Crippen MR) is 122 cm³/mol. The predicted octanol–water partition coefficient (Wildman–Crippen LogP) is 3.39. The Labute approximate surface area is 190 Å². The van der Waals surface area contributed by atoms with Crippen LogP contribution in [0, 0.1) is 13.8 Å². The lowest BCUT2D eigenvalue weighted by Crippen LogP contribution is -2.38. The molecule has 3 heterocycles. The number of anilines is 1. The molecule has 1 N–H and O–H groups in total. The van der Waals surface area contributed by atoms with Crippen molar-refractivity contribution in [3.05, 3.63) is 40.8 Å². The summed E-state index contributed by atoms with van der Waals surface area (Å²) in [6.07, 6.45) is 6.04. The molecule has 9 heteroatoms. The number of sulfonamides is 1. The molecule has 0 radical (unpaired) electrons. The summed E-state index contributed by atoms with van der Waals surface area (Å²) in [4.78, 5) is 15.3. The number of aromatic nitrogens is 1. The first-order valence-corrected chi connectivity index (χ1v) is 12.9. The van der Waals surface area contributed by atoms with Crippen LogP contribution in [-0.4, -0.2) is 50.0 Å². The molecule has 0 spiro atoms. The van der Waals surface area contributed by atoms with E-state index in [-0.39, 0.29) is 17.3 Å². The molecule has 1 amide bonds. The molecule has 1 aromatic heterocycles. The number of aryl methyl sites for hydroxylation is 2. The van der Waals surface area contributed by atoms with E-state index in [4.69, 9.17) is 4.52 Å². The van der Waals surface area contributed by atoms with Gasteiger partial charge in [0, 0.05) is 43.9 Å². The molecule has 2 aromatic rings. The van der Waals surface area contributed by atoms with E-state index in [1.807, 2.05) is 6.92 Å². The largest absolute Gasteiger partial charge is 0.370 e. The van der Waals surface area contributed by atoms with Gasteiger partial charge in [-0.3, -0.25) is 4.79 Å². The van der Waals surface area contributed by atoms with Gasteiger partial charge in [0.2, 0.25) is 10.0 Å². The van der Waals surface area contributed by atoms with Crippen LogP contribution in [0.5, 0.6) is 0 Å². The molecular formula is C23H32N4O4S. The second-order valence-corrected chi connectivity index (χ2v) is 10.6. The Morgan fingerprint density at radius 3 is 2.31 bits per heavy atom. The molecule has 2 aliphatic rings. The second-order valence-electron chi connectivity index (χ2n) is 8.68. The van der Waals surface area contributed by atoms with Crippen molar-refractivity contribution >= 4 is 21.6 Å². The van der Waals surface area contributed by atoms with Gasteiger partial charge in [-0.15, -0.1) is 0 Å². The Morgan fingerprint density at radius 1 is 1.03 bits per heavy atom. The zero-order valence-electron chi connectivity index (χ0n) is 18.9. The molecule has 2 aliphatic heterocycles. The highest BCUT2D eigenvalue weighted by atomic mass is 32.2. The standard InChI is InChI=1S/C23H32N4O4S/c1-17-20(18(2)31-25-17)16-24-23(28)19-9-10-21(26-11-5-3-6-12-26)22(15-19)32(29,30)27-13-7-4-8-14-27/h9-10,15H,3-8,11-14,16H2,1-2H3,(H,24,28). The van der Waals surface area contributed by atoms with E-state index >= 15 is 0 Å². The van der Waals surface area contributed by atoms with Gasteiger partial charge < -0.3 is 14.7 Å². The maximum atomic E-state index is 13.6. The van der Waals surface area contributed by atoms with E-state index in [0.717, 1.165) is 62.9 Å². The number of carbonyl (C=O) groups is 1. The highest BCUT2D eigenvalue weighted by Crippen LogP contribution is 2.32. The zero-order chi connectivity index (χ0) is 22.7. The highest BCUT2D eigenvalue weighted by molar-refractivity contribution is 7.89. The van der Waals surface area contributed by atoms with Crippen LogP contribution in [0.3, 0.4) is 0 Å². The summed E-state index contributed by atoms with van der Waals surface area (Å²) < 4.78 is 33.9. The first-order valence-electron chi connectivity index (χ1n) is 11.5. The maximum Gasteiger partial charge on any atom is 0.251 e. The molecule has 0 saturated carbocycles. The van der Waals surface area contributed by atoms with Gasteiger partial charge in [0.25, 0.3) is 5.91 Å². The summed E-state index contributed by atoms with van der Waals surface area (Å²) >= 11 is 0. The molecule has 2 fully saturated rings. The van der Waals surface area contributed by atoms with Crippen molar-refractivity contribution < 1.29 is 17.7 Å². The van der Waals surface area contributed by atoms with Crippen LogP contribution < -0.4 is 10.2 Å². The number of rotatable bonds is 6. The van der Waals surface area contributed by atoms with Crippen molar-refractivity contribution in [3.8, 4) is 0 Å².